The fraction of sp³-hybridized carbons (Fsp3) is 0.273. The molecule has 0 radical (unpaired) electrons. The Labute approximate surface area is 183 Å². The number of halogens is 2. The molecule has 0 aromatic heterocycles. The summed E-state index contributed by atoms with van der Waals surface area (Å²) in [5, 5.41) is 39.9. The van der Waals surface area contributed by atoms with Gasteiger partial charge in [-0.2, -0.15) is 15.8 Å². The molecule has 1 N–H and O–H groups in total. The van der Waals surface area contributed by atoms with Gasteiger partial charge in [0.05, 0.1) is 24.1 Å². The highest BCUT2D eigenvalue weighted by Gasteiger charge is 2.79. The van der Waals surface area contributed by atoms with Gasteiger partial charge in [0.15, 0.2) is 5.41 Å². The van der Waals surface area contributed by atoms with Crippen molar-refractivity contribution in [3.8, 4) is 18.2 Å². The lowest BCUT2D eigenvalue weighted by atomic mass is 9.53. The second-order valence-electron chi connectivity index (χ2n) is 7.30. The molecule has 2 heterocycles. The van der Waals surface area contributed by atoms with Crippen LogP contribution in [0.5, 0.6) is 0 Å². The summed E-state index contributed by atoms with van der Waals surface area (Å²) in [4.78, 5) is 0. The average molecular weight is 437 g/mol. The lowest BCUT2D eigenvalue weighted by molar-refractivity contribution is -0.288. The molecule has 30 heavy (non-hydrogen) atoms. The van der Waals surface area contributed by atoms with Gasteiger partial charge in [0, 0.05) is 21.2 Å². The molecule has 148 valence electrons. The van der Waals surface area contributed by atoms with E-state index in [1.54, 1.807) is 55.5 Å². The van der Waals surface area contributed by atoms with Crippen LogP contribution in [0.15, 0.2) is 48.5 Å². The predicted molar refractivity (Wildman–Crippen MR) is 108 cm³/mol. The Bertz CT molecular complexity index is 1180. The molecule has 0 spiro atoms. The van der Waals surface area contributed by atoms with Crippen molar-refractivity contribution in [3.05, 3.63) is 69.7 Å². The summed E-state index contributed by atoms with van der Waals surface area (Å²) in [7, 11) is 0. The number of fused-ring (bicyclic) bond motifs is 2. The summed E-state index contributed by atoms with van der Waals surface area (Å²) >= 11 is 12.6. The molecule has 0 saturated carbocycles. The van der Waals surface area contributed by atoms with E-state index in [1.165, 1.54) is 0 Å². The molecule has 0 amide bonds. The quantitative estimate of drug-likeness (QED) is 0.702. The van der Waals surface area contributed by atoms with E-state index in [1.807, 2.05) is 12.1 Å². The van der Waals surface area contributed by atoms with Crippen LogP contribution in [-0.2, 0) is 15.3 Å². The SMILES string of the molecule is CC1C2(c3cccc(Cl)c3)OC(=N)C1(C#N)C(C#N)(C#N)C(c1ccccc1Cl)O2. The third-order valence-electron chi connectivity index (χ3n) is 6.08. The Hall–Kier alpha value is -3.08. The number of benzene rings is 2. The smallest absolute Gasteiger partial charge is 0.244 e. The van der Waals surface area contributed by atoms with E-state index in [0.717, 1.165) is 0 Å². The van der Waals surface area contributed by atoms with Crippen LogP contribution in [0.1, 0.15) is 24.2 Å². The van der Waals surface area contributed by atoms with Crippen molar-refractivity contribution in [2.75, 3.05) is 0 Å². The minimum atomic E-state index is -2.07. The molecule has 2 saturated heterocycles. The maximum absolute atomic E-state index is 10.3. The first kappa shape index (κ1) is 20.2. The molecule has 0 aliphatic carbocycles. The number of nitrogens with one attached hydrogen (secondary N) is 1. The topological polar surface area (TPSA) is 114 Å². The molecular formula is C22H14Cl2N4O2. The molecule has 8 heteroatoms. The Kier molecular flexibility index (Phi) is 4.53. The van der Waals surface area contributed by atoms with Gasteiger partial charge in [-0.15, -0.1) is 0 Å². The second kappa shape index (κ2) is 6.73. The first-order valence-electron chi connectivity index (χ1n) is 9.03. The zero-order chi connectivity index (χ0) is 21.7. The molecule has 2 aliphatic heterocycles. The van der Waals surface area contributed by atoms with E-state index in [9.17, 15) is 15.8 Å². The molecule has 4 rings (SSSR count). The van der Waals surface area contributed by atoms with Gasteiger partial charge in [-0.1, -0.05) is 60.5 Å². The second-order valence-corrected chi connectivity index (χ2v) is 8.15. The van der Waals surface area contributed by atoms with Crippen LogP contribution in [0.25, 0.3) is 0 Å². The van der Waals surface area contributed by atoms with Gasteiger partial charge >= 0.3 is 0 Å². The highest BCUT2D eigenvalue weighted by atomic mass is 35.5. The molecular weight excluding hydrogens is 423 g/mol. The minimum Gasteiger partial charge on any atom is -0.443 e. The van der Waals surface area contributed by atoms with Crippen LogP contribution in [0, 0.1) is 56.2 Å². The van der Waals surface area contributed by atoms with E-state index in [-0.39, 0.29) is 5.02 Å². The van der Waals surface area contributed by atoms with Gasteiger partial charge in [-0.3, -0.25) is 5.41 Å². The molecule has 2 aromatic carbocycles. The van der Waals surface area contributed by atoms with Crippen LogP contribution in [0.3, 0.4) is 0 Å². The summed E-state index contributed by atoms with van der Waals surface area (Å²) in [6, 6.07) is 19.4. The van der Waals surface area contributed by atoms with Crippen LogP contribution in [0.2, 0.25) is 10.0 Å². The molecule has 2 fully saturated rings. The third kappa shape index (κ3) is 2.23. The maximum Gasteiger partial charge on any atom is 0.244 e. The zero-order valence-electron chi connectivity index (χ0n) is 15.7. The van der Waals surface area contributed by atoms with Crippen molar-refractivity contribution in [1.82, 2.24) is 0 Å². The van der Waals surface area contributed by atoms with E-state index in [0.29, 0.717) is 16.1 Å². The standard InChI is InChI=1S/C22H14Cl2N4O2/c1-13-21(12-27)19(28)30-22(13,14-5-4-6-15(23)9-14)29-18(20(21,10-25)11-26)16-7-2-3-8-17(16)24/h2-9,13,18,28H,1H3. The van der Waals surface area contributed by atoms with Crippen LogP contribution >= 0.6 is 23.2 Å². The van der Waals surface area contributed by atoms with Crippen molar-refractivity contribution >= 4 is 29.1 Å². The minimum absolute atomic E-state index is 0.271. The van der Waals surface area contributed by atoms with Crippen molar-refractivity contribution in [2.45, 2.75) is 18.8 Å². The van der Waals surface area contributed by atoms with Crippen molar-refractivity contribution in [1.29, 1.82) is 21.2 Å². The number of hydrogen-bond donors (Lipinski definition) is 1. The molecule has 4 atom stereocenters. The van der Waals surface area contributed by atoms with E-state index < -0.39 is 34.5 Å². The first-order chi connectivity index (χ1) is 14.3. The Morgan fingerprint density at radius 1 is 1.00 bits per heavy atom. The highest BCUT2D eigenvalue weighted by molar-refractivity contribution is 6.31. The number of rotatable bonds is 2. The summed E-state index contributed by atoms with van der Waals surface area (Å²) in [5.41, 5.74) is -3.12. The fourth-order valence-corrected chi connectivity index (χ4v) is 4.97. The van der Waals surface area contributed by atoms with Gasteiger partial charge in [0.25, 0.3) is 0 Å². The lowest BCUT2D eigenvalue weighted by Crippen LogP contribution is -2.57. The van der Waals surface area contributed by atoms with Gasteiger partial charge in [0.2, 0.25) is 17.1 Å². The van der Waals surface area contributed by atoms with E-state index in [2.05, 4.69) is 6.07 Å². The molecule has 6 nitrogen and oxygen atoms in total. The largest absolute Gasteiger partial charge is 0.443 e. The monoisotopic (exact) mass is 436 g/mol. The predicted octanol–water partition coefficient (Wildman–Crippen LogP) is 5.10. The Balaban J connectivity index is 2.08. The molecule has 4 unspecified atom stereocenters. The first-order valence-corrected chi connectivity index (χ1v) is 9.78. The summed E-state index contributed by atoms with van der Waals surface area (Å²) in [5.74, 6) is -2.95. The third-order valence-corrected chi connectivity index (χ3v) is 6.66. The molecule has 2 aromatic rings. The van der Waals surface area contributed by atoms with Crippen LogP contribution < -0.4 is 0 Å². The van der Waals surface area contributed by atoms with E-state index in [4.69, 9.17) is 38.1 Å². The maximum atomic E-state index is 10.3. The zero-order valence-corrected chi connectivity index (χ0v) is 17.2. The molecule has 2 aliphatic rings. The summed E-state index contributed by atoms with van der Waals surface area (Å²) < 4.78 is 12.3. The average Bonchev–Trinajstić information content (AvgIpc) is 2.91. The van der Waals surface area contributed by atoms with Crippen LogP contribution in [-0.4, -0.2) is 5.90 Å². The van der Waals surface area contributed by atoms with Crippen molar-refractivity contribution in [3.63, 3.8) is 0 Å². The van der Waals surface area contributed by atoms with Gasteiger partial charge in [-0.05, 0) is 18.2 Å². The van der Waals surface area contributed by atoms with Gasteiger partial charge in [-0.25, -0.2) is 0 Å². The number of ether oxygens (including phenoxy) is 2. The highest BCUT2D eigenvalue weighted by Crippen LogP contribution is 2.69. The normalized spacial score (nSPS) is 31.1. The number of nitrogens with zero attached hydrogens (tertiary/aromatic N) is 3. The number of hydrogen-bond acceptors (Lipinski definition) is 6. The summed E-state index contributed by atoms with van der Waals surface area (Å²) in [6.45, 7) is 1.64. The Morgan fingerprint density at radius 2 is 1.70 bits per heavy atom. The number of nitriles is 3. The van der Waals surface area contributed by atoms with Crippen LogP contribution in [0.4, 0.5) is 0 Å². The fourth-order valence-electron chi connectivity index (χ4n) is 4.54. The van der Waals surface area contributed by atoms with Crippen molar-refractivity contribution < 1.29 is 9.47 Å². The lowest BCUT2D eigenvalue weighted by Gasteiger charge is -2.49. The van der Waals surface area contributed by atoms with Gasteiger partial charge < -0.3 is 9.47 Å². The van der Waals surface area contributed by atoms with Crippen molar-refractivity contribution in [2.24, 2.45) is 16.7 Å². The van der Waals surface area contributed by atoms with E-state index >= 15 is 0 Å². The van der Waals surface area contributed by atoms with Gasteiger partial charge in [0.1, 0.15) is 6.10 Å². The summed E-state index contributed by atoms with van der Waals surface area (Å²) in [6.07, 6.45) is -1.25. The molecule has 2 bridgehead atoms. The Morgan fingerprint density at radius 3 is 2.30 bits per heavy atom.